The molecule has 0 aromatic heterocycles. The van der Waals surface area contributed by atoms with Gasteiger partial charge in [-0.2, -0.15) is 0 Å². The van der Waals surface area contributed by atoms with Gasteiger partial charge in [0, 0.05) is 5.56 Å². The van der Waals surface area contributed by atoms with Gasteiger partial charge in [0.05, 0.1) is 0 Å². The summed E-state index contributed by atoms with van der Waals surface area (Å²) >= 11 is 0. The zero-order chi connectivity index (χ0) is 7.40. The van der Waals surface area contributed by atoms with Gasteiger partial charge >= 0.3 is 0 Å². The van der Waals surface area contributed by atoms with Gasteiger partial charge < -0.3 is 5.64 Å². The minimum absolute atomic E-state index is 0.527. The number of carbonyl (C=O) groups is 1. The molecule has 10 heavy (non-hydrogen) atoms. The molecular weight excluding hydrogens is 125 g/mol. The molecule has 0 aliphatic rings. The summed E-state index contributed by atoms with van der Waals surface area (Å²) < 4.78 is 0. The molecule has 0 aliphatic heterocycles. The van der Waals surface area contributed by atoms with Crippen molar-refractivity contribution < 1.29 is 4.79 Å². The van der Waals surface area contributed by atoms with Crippen LogP contribution in [-0.2, 0) is 0 Å². The molecule has 0 amide bonds. The zero-order valence-corrected chi connectivity index (χ0v) is 5.58. The fraction of sp³-hybridized carbons (Fsp3) is 0. The highest BCUT2D eigenvalue weighted by Crippen LogP contribution is 1.90. The first-order valence-corrected chi connectivity index (χ1v) is 3.11. The van der Waals surface area contributed by atoms with Crippen molar-refractivity contribution in [3.05, 3.63) is 29.8 Å². The molecule has 1 aromatic carbocycles. The SMILES string of the molecule is NBc1ccc(C=O)cc1. The van der Waals surface area contributed by atoms with E-state index in [4.69, 9.17) is 5.64 Å². The molecular formula is C7H8BNO. The van der Waals surface area contributed by atoms with Crippen LogP contribution in [-0.4, -0.2) is 13.7 Å². The monoisotopic (exact) mass is 133 g/mol. The van der Waals surface area contributed by atoms with Gasteiger partial charge in [0.25, 0.3) is 0 Å². The average molecular weight is 133 g/mol. The maximum absolute atomic E-state index is 10.2. The predicted molar refractivity (Wildman–Crippen MR) is 42.8 cm³/mol. The Bertz CT molecular complexity index is 220. The molecule has 0 radical (unpaired) electrons. The number of hydrogen-bond acceptors (Lipinski definition) is 2. The third-order valence-electron chi connectivity index (χ3n) is 1.35. The van der Waals surface area contributed by atoms with E-state index in [1.165, 1.54) is 0 Å². The Labute approximate surface area is 60.3 Å². The zero-order valence-electron chi connectivity index (χ0n) is 5.58. The molecule has 0 aliphatic carbocycles. The molecule has 3 heteroatoms. The standard InChI is InChI=1S/C7H8BNO/c9-8-7-3-1-6(5-10)2-4-7/h1-5,8H,9H2. The molecule has 0 atom stereocenters. The molecule has 0 unspecified atom stereocenters. The van der Waals surface area contributed by atoms with Crippen LogP contribution in [0.4, 0.5) is 0 Å². The number of rotatable bonds is 2. The first-order valence-electron chi connectivity index (χ1n) is 3.11. The van der Waals surface area contributed by atoms with Gasteiger partial charge in [0.15, 0.2) is 0 Å². The number of benzene rings is 1. The molecule has 0 spiro atoms. The lowest BCUT2D eigenvalue weighted by atomic mass is 9.85. The second-order valence-electron chi connectivity index (χ2n) is 2.06. The van der Waals surface area contributed by atoms with E-state index in [9.17, 15) is 4.79 Å². The molecule has 1 aromatic rings. The first-order chi connectivity index (χ1) is 4.86. The first kappa shape index (κ1) is 7.03. The second kappa shape index (κ2) is 3.18. The highest BCUT2D eigenvalue weighted by atomic mass is 16.1. The van der Waals surface area contributed by atoms with Crippen LogP contribution < -0.4 is 11.1 Å². The summed E-state index contributed by atoms with van der Waals surface area (Å²) in [5.74, 6) is 0. The summed E-state index contributed by atoms with van der Waals surface area (Å²) in [6, 6.07) is 7.22. The van der Waals surface area contributed by atoms with Gasteiger partial charge in [-0.1, -0.05) is 29.7 Å². The molecule has 0 saturated heterocycles. The Morgan fingerprint density at radius 3 is 2.30 bits per heavy atom. The van der Waals surface area contributed by atoms with Gasteiger partial charge in [0.1, 0.15) is 6.29 Å². The largest absolute Gasteiger partial charge is 0.369 e. The average Bonchev–Trinajstić information content (AvgIpc) is 2.05. The fourth-order valence-electron chi connectivity index (χ4n) is 0.732. The van der Waals surface area contributed by atoms with Crippen LogP contribution in [0, 0.1) is 0 Å². The van der Waals surface area contributed by atoms with E-state index in [0.29, 0.717) is 13.0 Å². The van der Waals surface area contributed by atoms with Crippen LogP contribution >= 0.6 is 0 Å². The van der Waals surface area contributed by atoms with Gasteiger partial charge in [-0.3, -0.25) is 4.79 Å². The highest BCUT2D eigenvalue weighted by Gasteiger charge is 1.90. The number of aldehydes is 1. The van der Waals surface area contributed by atoms with E-state index >= 15 is 0 Å². The quantitative estimate of drug-likeness (QED) is 0.433. The van der Waals surface area contributed by atoms with Crippen molar-refractivity contribution in [1.29, 1.82) is 0 Å². The van der Waals surface area contributed by atoms with Gasteiger partial charge in [-0.05, 0) is 0 Å². The van der Waals surface area contributed by atoms with Crippen molar-refractivity contribution in [1.82, 2.24) is 0 Å². The van der Waals surface area contributed by atoms with Crippen molar-refractivity contribution in [2.45, 2.75) is 0 Å². The lowest BCUT2D eigenvalue weighted by molar-refractivity contribution is 0.112. The van der Waals surface area contributed by atoms with Crippen LogP contribution in [0.1, 0.15) is 10.4 Å². The number of carbonyl (C=O) groups excluding carboxylic acids is 1. The van der Waals surface area contributed by atoms with Crippen molar-refractivity contribution in [3.63, 3.8) is 0 Å². The molecule has 0 fully saturated rings. The topological polar surface area (TPSA) is 43.1 Å². The number of nitrogens with two attached hydrogens (primary N) is 1. The molecule has 50 valence electrons. The van der Waals surface area contributed by atoms with Crippen LogP contribution in [0.2, 0.25) is 0 Å². The highest BCUT2D eigenvalue weighted by molar-refractivity contribution is 6.49. The summed E-state index contributed by atoms with van der Waals surface area (Å²) in [6.07, 6.45) is 0.820. The van der Waals surface area contributed by atoms with Gasteiger partial charge in [0.2, 0.25) is 7.41 Å². The van der Waals surface area contributed by atoms with E-state index in [1.54, 1.807) is 12.1 Å². The predicted octanol–water partition coefficient (Wildman–Crippen LogP) is -0.565. The number of hydrogen-bond donors (Lipinski definition) is 1. The Morgan fingerprint density at radius 1 is 1.30 bits per heavy atom. The Kier molecular flexibility index (Phi) is 2.23. The van der Waals surface area contributed by atoms with Crippen LogP contribution in [0.5, 0.6) is 0 Å². The Balaban J connectivity index is 2.90. The summed E-state index contributed by atoms with van der Waals surface area (Å²) in [6.45, 7) is 0. The van der Waals surface area contributed by atoms with E-state index in [0.717, 1.165) is 11.7 Å². The third-order valence-corrected chi connectivity index (χ3v) is 1.35. The molecule has 0 saturated carbocycles. The van der Waals surface area contributed by atoms with Crippen molar-refractivity contribution >= 4 is 19.2 Å². The Morgan fingerprint density at radius 2 is 1.90 bits per heavy atom. The normalized spacial score (nSPS) is 8.90. The lowest BCUT2D eigenvalue weighted by Gasteiger charge is -1.92. The smallest absolute Gasteiger partial charge is 0.233 e. The van der Waals surface area contributed by atoms with Crippen molar-refractivity contribution in [2.24, 2.45) is 5.64 Å². The fourth-order valence-corrected chi connectivity index (χ4v) is 0.732. The molecule has 1 rings (SSSR count). The van der Waals surface area contributed by atoms with Crippen molar-refractivity contribution in [3.8, 4) is 0 Å². The maximum atomic E-state index is 10.2. The molecule has 0 heterocycles. The minimum Gasteiger partial charge on any atom is -0.369 e. The van der Waals surface area contributed by atoms with Crippen LogP contribution in [0.3, 0.4) is 0 Å². The van der Waals surface area contributed by atoms with E-state index in [1.807, 2.05) is 12.1 Å². The molecule has 0 bridgehead atoms. The van der Waals surface area contributed by atoms with Crippen molar-refractivity contribution in [2.75, 3.05) is 0 Å². The van der Waals surface area contributed by atoms with Crippen LogP contribution in [0.15, 0.2) is 24.3 Å². The molecule has 2 N–H and O–H groups in total. The summed E-state index contributed by atoms with van der Waals surface area (Å²) in [5, 5.41) is 0. The van der Waals surface area contributed by atoms with Crippen LogP contribution in [0.25, 0.3) is 0 Å². The summed E-state index contributed by atoms with van der Waals surface area (Å²) in [7, 11) is 0.527. The minimum atomic E-state index is 0.527. The van der Waals surface area contributed by atoms with E-state index in [-0.39, 0.29) is 0 Å². The lowest BCUT2D eigenvalue weighted by Crippen LogP contribution is -2.22. The molecule has 2 nitrogen and oxygen atoms in total. The van der Waals surface area contributed by atoms with E-state index in [2.05, 4.69) is 0 Å². The maximum Gasteiger partial charge on any atom is 0.233 e. The summed E-state index contributed by atoms with van der Waals surface area (Å²) in [5.41, 5.74) is 7.09. The summed E-state index contributed by atoms with van der Waals surface area (Å²) in [4.78, 5) is 10.2. The third kappa shape index (κ3) is 1.45. The van der Waals surface area contributed by atoms with E-state index < -0.39 is 0 Å². The second-order valence-corrected chi connectivity index (χ2v) is 2.06. The van der Waals surface area contributed by atoms with Gasteiger partial charge in [-0.25, -0.2) is 0 Å². The van der Waals surface area contributed by atoms with Gasteiger partial charge in [-0.15, -0.1) is 0 Å². The Hall–Kier alpha value is -1.09.